The molecular weight excluding hydrogens is 1390 g/mol. The Kier molecular flexibility index (Phi) is 77.9. The minimum absolute atomic E-state index is 0.106. The second-order valence-corrected chi connectivity index (χ2v) is 35.0. The van der Waals surface area contributed by atoms with E-state index in [-0.39, 0.29) is 25.7 Å². The van der Waals surface area contributed by atoms with Gasteiger partial charge in [-0.25, -0.2) is 9.13 Å². The lowest BCUT2D eigenvalue weighted by molar-refractivity contribution is -0.161. The molecule has 0 aliphatic heterocycles. The summed E-state index contributed by atoms with van der Waals surface area (Å²) in [5.41, 5.74) is 0. The average molecular weight is 1560 g/mol. The second-order valence-electron chi connectivity index (χ2n) is 32.1. The van der Waals surface area contributed by atoms with Crippen molar-refractivity contribution in [2.45, 2.75) is 490 Å². The summed E-state index contributed by atoms with van der Waals surface area (Å²) in [4.78, 5) is 73.3. The zero-order valence-electron chi connectivity index (χ0n) is 70.5. The van der Waals surface area contributed by atoms with Gasteiger partial charge in [-0.1, -0.05) is 420 Å². The summed E-state index contributed by atoms with van der Waals surface area (Å²) in [5, 5.41) is 10.7. The van der Waals surface area contributed by atoms with Crippen LogP contribution in [0.1, 0.15) is 472 Å². The van der Waals surface area contributed by atoms with Gasteiger partial charge in [0.15, 0.2) is 12.2 Å². The fraction of sp³-hybridized carbons (Fsp3) is 0.955. The van der Waals surface area contributed by atoms with Crippen LogP contribution in [0.3, 0.4) is 0 Å². The quantitative estimate of drug-likeness (QED) is 0.0222. The number of carbonyl (C=O) groups is 4. The van der Waals surface area contributed by atoms with Crippen molar-refractivity contribution in [1.82, 2.24) is 0 Å². The molecule has 0 spiro atoms. The van der Waals surface area contributed by atoms with Crippen LogP contribution in [-0.4, -0.2) is 96.7 Å². The second kappa shape index (κ2) is 79.3. The number of phosphoric ester groups is 2. The molecule has 4 unspecified atom stereocenters. The van der Waals surface area contributed by atoms with E-state index >= 15 is 0 Å². The van der Waals surface area contributed by atoms with Crippen LogP contribution in [-0.2, 0) is 65.4 Å². The molecule has 0 aliphatic carbocycles. The average Bonchev–Trinajstić information content (AvgIpc) is 0.901. The Morgan fingerprint density at radius 1 is 0.262 bits per heavy atom. The number of hydrogen-bond donors (Lipinski definition) is 3. The predicted octanol–water partition coefficient (Wildman–Crippen LogP) is 27.0. The normalized spacial score (nSPS) is 14.3. The van der Waals surface area contributed by atoms with Gasteiger partial charge in [0.1, 0.15) is 19.3 Å². The summed E-state index contributed by atoms with van der Waals surface area (Å²) in [6, 6.07) is 0. The first-order valence-corrected chi connectivity index (χ1v) is 48.6. The Labute approximate surface area is 658 Å². The first-order chi connectivity index (χ1) is 51.9. The molecule has 0 heterocycles. The van der Waals surface area contributed by atoms with Crippen molar-refractivity contribution in [3.8, 4) is 0 Å². The van der Waals surface area contributed by atoms with Crippen LogP contribution < -0.4 is 0 Å². The fourth-order valence-electron chi connectivity index (χ4n) is 13.7. The monoisotopic (exact) mass is 1560 g/mol. The Morgan fingerprint density at radius 3 is 0.664 bits per heavy atom. The maximum absolute atomic E-state index is 13.2. The Balaban J connectivity index is 5.22. The summed E-state index contributed by atoms with van der Waals surface area (Å²) in [5.74, 6) is -0.461. The van der Waals surface area contributed by atoms with E-state index in [4.69, 9.17) is 37.0 Å². The zero-order chi connectivity index (χ0) is 78.5. The lowest BCUT2D eigenvalue weighted by Gasteiger charge is -2.21. The topological polar surface area (TPSA) is 237 Å². The SMILES string of the molecule is CCCCCCCCCCCCCCCCCCCCCCCC(=O)OC[C@H](COP(=O)(O)OC[C@@H](O)COP(=O)(O)OC[C@@H](COC(=O)CCCCCCCCCCCCCC)OC(=O)CCCCCCCCCCC(C)CC)OC(=O)CCCCCCCCCCCCCCCCCCCCC(C)CC. The van der Waals surface area contributed by atoms with Gasteiger partial charge < -0.3 is 33.8 Å². The molecule has 7 atom stereocenters. The smallest absolute Gasteiger partial charge is 0.462 e. The van der Waals surface area contributed by atoms with Crippen LogP contribution >= 0.6 is 15.6 Å². The van der Waals surface area contributed by atoms with Gasteiger partial charge in [0, 0.05) is 25.7 Å². The minimum Gasteiger partial charge on any atom is -0.462 e. The molecule has 19 heteroatoms. The van der Waals surface area contributed by atoms with Crippen molar-refractivity contribution in [2.75, 3.05) is 39.6 Å². The minimum atomic E-state index is -4.97. The highest BCUT2D eigenvalue weighted by molar-refractivity contribution is 7.47. The molecule has 0 saturated carbocycles. The van der Waals surface area contributed by atoms with Crippen molar-refractivity contribution < 1.29 is 80.2 Å². The van der Waals surface area contributed by atoms with Gasteiger partial charge in [0.25, 0.3) is 0 Å². The molecule has 3 N–H and O–H groups in total. The van der Waals surface area contributed by atoms with E-state index in [1.165, 1.54) is 289 Å². The molecule has 0 rings (SSSR count). The third-order valence-electron chi connectivity index (χ3n) is 21.4. The number of ether oxygens (including phenoxy) is 4. The highest BCUT2D eigenvalue weighted by Crippen LogP contribution is 2.45. The molecule has 0 radical (unpaired) electrons. The van der Waals surface area contributed by atoms with E-state index in [9.17, 15) is 43.2 Å². The molecule has 0 aromatic heterocycles. The molecule has 107 heavy (non-hydrogen) atoms. The van der Waals surface area contributed by atoms with Crippen molar-refractivity contribution in [3.63, 3.8) is 0 Å². The summed E-state index contributed by atoms with van der Waals surface area (Å²) in [7, 11) is -9.93. The van der Waals surface area contributed by atoms with Crippen LogP contribution in [0.4, 0.5) is 0 Å². The number of hydrogen-bond acceptors (Lipinski definition) is 15. The summed E-state index contributed by atoms with van der Waals surface area (Å²) in [6.45, 7) is 9.74. The van der Waals surface area contributed by atoms with Gasteiger partial charge in [-0.05, 0) is 37.5 Å². The van der Waals surface area contributed by atoms with E-state index < -0.39 is 97.5 Å². The maximum atomic E-state index is 13.2. The largest absolute Gasteiger partial charge is 0.472 e. The fourth-order valence-corrected chi connectivity index (χ4v) is 15.3. The molecule has 0 amide bonds. The van der Waals surface area contributed by atoms with Gasteiger partial charge >= 0.3 is 39.5 Å². The summed E-state index contributed by atoms with van der Waals surface area (Å²) in [6.07, 6.45) is 72.2. The van der Waals surface area contributed by atoms with Gasteiger partial charge in [-0.15, -0.1) is 0 Å². The third-order valence-corrected chi connectivity index (χ3v) is 23.3. The molecule has 0 fully saturated rings. The standard InChI is InChI=1S/C88H172O17P2/c1-7-11-13-15-17-19-21-23-24-25-26-27-28-32-35-38-42-46-53-59-65-71-86(91)98-76-83(104-87(92)72-66-60-54-47-43-39-36-33-30-29-31-34-37-40-44-50-56-62-68-80(5)9-3)78-102-106(94,95)100-74-82(89)75-101-107(96,97)103-79-84(105-88(93)73-67-61-55-49-48-51-57-63-69-81(6)10-4)77-99-85(90)70-64-58-52-45-41-22-20-18-16-14-12-8-2/h80-84,89H,7-79H2,1-6H3,(H,94,95)(H,96,97)/t80?,81?,82-,83-,84-/m1/s1. The van der Waals surface area contributed by atoms with Crippen LogP contribution in [0.2, 0.25) is 0 Å². The Morgan fingerprint density at radius 2 is 0.449 bits per heavy atom. The van der Waals surface area contributed by atoms with Gasteiger partial charge in [0.2, 0.25) is 0 Å². The zero-order valence-corrected chi connectivity index (χ0v) is 72.2. The number of phosphoric acid groups is 2. The molecule has 0 saturated heterocycles. The van der Waals surface area contributed by atoms with Crippen molar-refractivity contribution in [2.24, 2.45) is 11.8 Å². The molecule has 0 aliphatic rings. The van der Waals surface area contributed by atoms with Crippen LogP contribution in [0, 0.1) is 11.8 Å². The van der Waals surface area contributed by atoms with E-state index in [1.807, 2.05) is 0 Å². The van der Waals surface area contributed by atoms with Crippen molar-refractivity contribution in [3.05, 3.63) is 0 Å². The molecule has 17 nitrogen and oxygen atoms in total. The van der Waals surface area contributed by atoms with E-state index in [2.05, 4.69) is 41.5 Å². The number of carbonyl (C=O) groups excluding carboxylic acids is 4. The Bertz CT molecular complexity index is 2050. The Hall–Kier alpha value is -1.94. The molecule has 0 aromatic carbocycles. The maximum Gasteiger partial charge on any atom is 0.472 e. The van der Waals surface area contributed by atoms with E-state index in [0.717, 1.165) is 102 Å². The first kappa shape index (κ1) is 105. The molecule has 0 bridgehead atoms. The third kappa shape index (κ3) is 79.1. The van der Waals surface area contributed by atoms with E-state index in [0.29, 0.717) is 25.7 Å². The van der Waals surface area contributed by atoms with Crippen molar-refractivity contribution >= 4 is 39.5 Å². The number of aliphatic hydroxyl groups excluding tert-OH is 1. The van der Waals surface area contributed by atoms with Gasteiger partial charge in [0.05, 0.1) is 26.4 Å². The highest BCUT2D eigenvalue weighted by atomic mass is 31.2. The summed E-state index contributed by atoms with van der Waals surface area (Å²) >= 11 is 0. The highest BCUT2D eigenvalue weighted by Gasteiger charge is 2.31. The number of unbranched alkanes of at least 4 members (excludes halogenated alkanes) is 55. The molecule has 0 aromatic rings. The molecule has 636 valence electrons. The molecular formula is C88H172O17P2. The number of rotatable bonds is 87. The lowest BCUT2D eigenvalue weighted by atomic mass is 9.99. The van der Waals surface area contributed by atoms with Crippen molar-refractivity contribution in [1.29, 1.82) is 0 Å². The predicted molar refractivity (Wildman–Crippen MR) is 442 cm³/mol. The van der Waals surface area contributed by atoms with E-state index in [1.54, 1.807) is 0 Å². The van der Waals surface area contributed by atoms with Crippen LogP contribution in [0.25, 0.3) is 0 Å². The lowest BCUT2D eigenvalue weighted by Crippen LogP contribution is -2.30. The van der Waals surface area contributed by atoms with Crippen LogP contribution in [0.15, 0.2) is 0 Å². The summed E-state index contributed by atoms with van der Waals surface area (Å²) < 4.78 is 68.9. The first-order valence-electron chi connectivity index (χ1n) is 45.6. The number of esters is 4. The van der Waals surface area contributed by atoms with Gasteiger partial charge in [-0.2, -0.15) is 0 Å². The van der Waals surface area contributed by atoms with Crippen LogP contribution in [0.5, 0.6) is 0 Å². The van der Waals surface area contributed by atoms with Gasteiger partial charge in [-0.3, -0.25) is 37.3 Å². The number of aliphatic hydroxyl groups is 1.